The summed E-state index contributed by atoms with van der Waals surface area (Å²) in [7, 11) is -1.96. The Labute approximate surface area is 180 Å². The molecule has 0 amide bonds. The molecule has 0 radical (unpaired) electrons. The Morgan fingerprint density at radius 3 is 2.53 bits per heavy atom. The van der Waals surface area contributed by atoms with Gasteiger partial charge in [-0.25, -0.2) is 8.42 Å². The third kappa shape index (κ3) is 5.93. The van der Waals surface area contributed by atoms with E-state index in [0.717, 1.165) is 18.4 Å². The first-order valence-corrected chi connectivity index (χ1v) is 11.9. The summed E-state index contributed by atoms with van der Waals surface area (Å²) in [5.41, 5.74) is 0.538. The largest absolute Gasteiger partial charge is 0.466 e. The van der Waals surface area contributed by atoms with Crippen molar-refractivity contribution >= 4 is 15.8 Å². The van der Waals surface area contributed by atoms with Crippen molar-refractivity contribution in [3.63, 3.8) is 0 Å². The maximum absolute atomic E-state index is 12.7. The van der Waals surface area contributed by atoms with E-state index in [2.05, 4.69) is 0 Å². The lowest BCUT2D eigenvalue weighted by atomic mass is 9.70. The van der Waals surface area contributed by atoms with Crippen LogP contribution in [0, 0.1) is 24.2 Å². The van der Waals surface area contributed by atoms with Crippen LogP contribution in [0.15, 0.2) is 40.6 Å². The minimum Gasteiger partial charge on any atom is -0.466 e. The van der Waals surface area contributed by atoms with Gasteiger partial charge in [-0.3, -0.25) is 4.79 Å². The fraction of sp³-hybridized carbons (Fsp3) is 0.609. The van der Waals surface area contributed by atoms with Crippen molar-refractivity contribution in [3.8, 4) is 0 Å². The van der Waals surface area contributed by atoms with Gasteiger partial charge in [0.2, 0.25) is 0 Å². The number of hydrogen-bond acceptors (Lipinski definition) is 6. The van der Waals surface area contributed by atoms with Crippen LogP contribution in [0.2, 0.25) is 0 Å². The highest BCUT2D eigenvalue weighted by Crippen LogP contribution is 2.51. The molecule has 1 saturated carbocycles. The number of rotatable bonds is 10. The van der Waals surface area contributed by atoms with Crippen molar-refractivity contribution in [1.82, 2.24) is 0 Å². The Morgan fingerprint density at radius 1 is 1.27 bits per heavy atom. The average Bonchev–Trinajstić information content (AvgIpc) is 3.00. The van der Waals surface area contributed by atoms with Crippen molar-refractivity contribution in [2.45, 2.75) is 58.0 Å². The molecule has 2 rings (SSSR count). The number of allylic oxidation sites excluding steroid dienone is 1. The van der Waals surface area contributed by atoms with Crippen LogP contribution in [0.4, 0.5) is 0 Å². The molecule has 0 unspecified atom stereocenters. The molecule has 1 aromatic carbocycles. The number of aryl methyl sites for hydroxylation is 1. The minimum absolute atomic E-state index is 0.0548. The van der Waals surface area contributed by atoms with Crippen LogP contribution in [0.1, 0.15) is 45.6 Å². The zero-order valence-corrected chi connectivity index (χ0v) is 19.4. The molecule has 6 nitrogen and oxygen atoms in total. The lowest BCUT2D eigenvalue weighted by Crippen LogP contribution is -2.39. The third-order valence-corrected chi connectivity index (χ3v) is 7.53. The molecule has 0 N–H and O–H groups in total. The first kappa shape index (κ1) is 24.6. The highest BCUT2D eigenvalue weighted by atomic mass is 32.2. The Hall–Kier alpha value is -1.70. The van der Waals surface area contributed by atoms with Crippen molar-refractivity contribution in [1.29, 1.82) is 0 Å². The zero-order valence-electron chi connectivity index (χ0n) is 18.6. The molecule has 30 heavy (non-hydrogen) atoms. The van der Waals surface area contributed by atoms with Crippen LogP contribution < -0.4 is 0 Å². The Bertz CT molecular complexity index is 830. The molecule has 1 aliphatic carbocycles. The number of carbonyl (C=O) groups excluding carboxylic acids is 1. The molecule has 0 spiro atoms. The van der Waals surface area contributed by atoms with E-state index in [1.54, 1.807) is 44.4 Å². The molecule has 0 saturated heterocycles. The van der Waals surface area contributed by atoms with E-state index in [9.17, 15) is 13.2 Å². The van der Waals surface area contributed by atoms with E-state index in [0.29, 0.717) is 6.61 Å². The Morgan fingerprint density at radius 2 is 1.93 bits per heavy atom. The van der Waals surface area contributed by atoms with Crippen molar-refractivity contribution < 1.29 is 27.4 Å². The molecule has 0 aliphatic heterocycles. The van der Waals surface area contributed by atoms with Crippen molar-refractivity contribution in [3.05, 3.63) is 41.3 Å². The molecule has 1 fully saturated rings. The van der Waals surface area contributed by atoms with Crippen molar-refractivity contribution in [2.24, 2.45) is 17.3 Å². The quantitative estimate of drug-likeness (QED) is 0.401. The first-order chi connectivity index (χ1) is 14.1. The maximum atomic E-state index is 12.7. The molecular formula is C23H34O6S. The topological polar surface area (TPSA) is 78.9 Å². The van der Waals surface area contributed by atoms with Gasteiger partial charge in [0, 0.05) is 17.9 Å². The first-order valence-electron chi connectivity index (χ1n) is 10.4. The lowest BCUT2D eigenvalue weighted by molar-refractivity contribution is -0.154. The maximum Gasteiger partial charge on any atom is 0.306 e. The van der Waals surface area contributed by atoms with Crippen LogP contribution in [0.3, 0.4) is 0 Å². The molecule has 0 aromatic heterocycles. The standard InChI is InChI=1S/C23H34O6S/c1-6-28-22(24)15-23(4)20(11-12-21(23)29-16-27-5)18(3)13-14-30(25,26)19-9-7-17(2)8-10-19/h7-10,13-14,18,20-21H,6,11-12,15-16H2,1-5H3/b14-13+/t18-,20-,21-,23-/m0/s1. The van der Waals surface area contributed by atoms with E-state index in [1.165, 1.54) is 5.41 Å². The van der Waals surface area contributed by atoms with Gasteiger partial charge in [0.15, 0.2) is 9.84 Å². The molecule has 7 heteroatoms. The van der Waals surface area contributed by atoms with E-state index in [-0.39, 0.29) is 42.0 Å². The molecule has 1 aliphatic rings. The number of methoxy groups -OCH3 is 1. The molecule has 1 aromatic rings. The summed E-state index contributed by atoms with van der Waals surface area (Å²) in [4.78, 5) is 12.6. The molecule has 4 atom stereocenters. The van der Waals surface area contributed by atoms with E-state index >= 15 is 0 Å². The van der Waals surface area contributed by atoms with Gasteiger partial charge < -0.3 is 14.2 Å². The second kappa shape index (κ2) is 10.6. The second-order valence-corrected chi connectivity index (χ2v) is 10.1. The number of benzene rings is 1. The number of ether oxygens (including phenoxy) is 3. The normalized spacial score (nSPS) is 25.5. The van der Waals surface area contributed by atoms with Gasteiger partial charge in [0.05, 0.1) is 24.0 Å². The van der Waals surface area contributed by atoms with Gasteiger partial charge in [-0.1, -0.05) is 37.6 Å². The fourth-order valence-corrected chi connectivity index (χ4v) is 5.58. The van der Waals surface area contributed by atoms with Gasteiger partial charge >= 0.3 is 5.97 Å². The van der Waals surface area contributed by atoms with E-state index in [1.807, 2.05) is 20.8 Å². The third-order valence-electron chi connectivity index (χ3n) is 6.09. The summed E-state index contributed by atoms with van der Waals surface area (Å²) in [5, 5.41) is 1.29. The highest BCUT2D eigenvalue weighted by Gasteiger charge is 2.50. The number of sulfone groups is 1. The van der Waals surface area contributed by atoms with Crippen LogP contribution in [-0.4, -0.2) is 41.0 Å². The zero-order chi connectivity index (χ0) is 22.4. The summed E-state index contributed by atoms with van der Waals surface area (Å²) in [6, 6.07) is 6.81. The Kier molecular flexibility index (Phi) is 8.64. The van der Waals surface area contributed by atoms with Gasteiger partial charge in [-0.05, 0) is 50.7 Å². The van der Waals surface area contributed by atoms with Gasteiger partial charge in [-0.15, -0.1) is 0 Å². The number of esters is 1. The minimum atomic E-state index is -3.52. The van der Waals surface area contributed by atoms with Crippen LogP contribution in [-0.2, 0) is 28.8 Å². The van der Waals surface area contributed by atoms with Gasteiger partial charge in [-0.2, -0.15) is 0 Å². The summed E-state index contributed by atoms with van der Waals surface area (Å²) < 4.78 is 41.5. The van der Waals surface area contributed by atoms with Gasteiger partial charge in [0.25, 0.3) is 0 Å². The van der Waals surface area contributed by atoms with Gasteiger partial charge in [0.1, 0.15) is 6.79 Å². The Balaban J connectivity index is 2.22. The van der Waals surface area contributed by atoms with E-state index in [4.69, 9.17) is 14.2 Å². The summed E-state index contributed by atoms with van der Waals surface area (Å²) in [6.07, 6.45) is 3.43. The van der Waals surface area contributed by atoms with Crippen molar-refractivity contribution in [2.75, 3.05) is 20.5 Å². The highest BCUT2D eigenvalue weighted by molar-refractivity contribution is 7.94. The summed E-state index contributed by atoms with van der Waals surface area (Å²) in [6.45, 7) is 8.21. The number of hydrogen-bond donors (Lipinski definition) is 0. The molecular weight excluding hydrogens is 404 g/mol. The predicted octanol–water partition coefficient (Wildman–Crippen LogP) is 4.28. The monoisotopic (exact) mass is 438 g/mol. The van der Waals surface area contributed by atoms with Crippen LogP contribution in [0.5, 0.6) is 0 Å². The van der Waals surface area contributed by atoms with E-state index < -0.39 is 15.3 Å². The van der Waals surface area contributed by atoms with Crippen LogP contribution in [0.25, 0.3) is 0 Å². The predicted molar refractivity (Wildman–Crippen MR) is 115 cm³/mol. The average molecular weight is 439 g/mol. The molecule has 168 valence electrons. The van der Waals surface area contributed by atoms with Crippen LogP contribution >= 0.6 is 0 Å². The molecule has 0 bridgehead atoms. The lowest BCUT2D eigenvalue weighted by Gasteiger charge is -2.38. The summed E-state index contributed by atoms with van der Waals surface area (Å²) in [5.74, 6) is -0.240. The second-order valence-electron chi connectivity index (χ2n) is 8.28. The fourth-order valence-electron chi connectivity index (χ4n) is 4.45. The smallest absolute Gasteiger partial charge is 0.306 e. The number of carbonyl (C=O) groups is 1. The summed E-state index contributed by atoms with van der Waals surface area (Å²) >= 11 is 0. The molecule has 0 heterocycles. The SMILES string of the molecule is CCOC(=O)C[C@]1(C)[C@@H](OCOC)CC[C@H]1[C@@H](C)/C=C/S(=O)(=O)c1ccc(C)cc1.